The van der Waals surface area contributed by atoms with Crippen molar-refractivity contribution in [2.24, 2.45) is 4.99 Å². The molecule has 4 rings (SSSR count). The van der Waals surface area contributed by atoms with E-state index in [1.165, 1.54) is 19.2 Å². The molecule has 1 atom stereocenters. The standard InChI is InChI=1S/C19H12ClF3N2S/c1-19(18(22)23)25-15(12-5-3-6-13(20)17(12)26-19)11-8-10-4-2-7-14(21)16(10)24-9-11/h2-9,18H,1H3. The van der Waals surface area contributed by atoms with Crippen LogP contribution in [0.3, 0.4) is 0 Å². The van der Waals surface area contributed by atoms with Crippen LogP contribution in [-0.4, -0.2) is 22.0 Å². The van der Waals surface area contributed by atoms with Crippen LogP contribution in [0.5, 0.6) is 0 Å². The molecule has 0 fully saturated rings. The molecule has 132 valence electrons. The van der Waals surface area contributed by atoms with Crippen molar-refractivity contribution in [1.82, 2.24) is 4.98 Å². The number of hydrogen-bond acceptors (Lipinski definition) is 3. The number of benzene rings is 2. The third-order valence-corrected chi connectivity index (χ3v) is 5.96. The molecule has 0 bridgehead atoms. The van der Waals surface area contributed by atoms with E-state index in [0.717, 1.165) is 11.8 Å². The predicted octanol–water partition coefficient (Wildman–Crippen LogP) is 5.95. The molecular weight excluding hydrogens is 381 g/mol. The van der Waals surface area contributed by atoms with Gasteiger partial charge < -0.3 is 0 Å². The second kappa shape index (κ2) is 6.28. The first-order valence-electron chi connectivity index (χ1n) is 7.79. The van der Waals surface area contributed by atoms with Crippen LogP contribution < -0.4 is 0 Å². The predicted molar refractivity (Wildman–Crippen MR) is 99.1 cm³/mol. The Morgan fingerprint density at radius 3 is 2.69 bits per heavy atom. The molecule has 2 heterocycles. The van der Waals surface area contributed by atoms with Crippen molar-refractivity contribution in [2.45, 2.75) is 23.1 Å². The number of para-hydroxylation sites is 1. The molecule has 0 saturated heterocycles. The molecule has 26 heavy (non-hydrogen) atoms. The Morgan fingerprint density at radius 1 is 1.15 bits per heavy atom. The summed E-state index contributed by atoms with van der Waals surface area (Å²) in [4.78, 5) is 7.39. The van der Waals surface area contributed by atoms with Crippen molar-refractivity contribution in [2.75, 3.05) is 0 Å². The molecule has 3 aromatic rings. The van der Waals surface area contributed by atoms with Crippen LogP contribution in [0.4, 0.5) is 13.2 Å². The molecular formula is C19H12ClF3N2S. The van der Waals surface area contributed by atoms with Gasteiger partial charge in [-0.3, -0.25) is 9.98 Å². The molecule has 1 unspecified atom stereocenters. The second-order valence-corrected chi connectivity index (χ2v) is 7.92. The van der Waals surface area contributed by atoms with Crippen molar-refractivity contribution in [3.63, 3.8) is 0 Å². The SMILES string of the molecule is CC1(C(F)F)N=C(c2cnc3c(F)cccc3c2)c2cccc(Cl)c2S1. The number of fused-ring (bicyclic) bond motifs is 2. The Bertz CT molecular complexity index is 1050. The highest BCUT2D eigenvalue weighted by atomic mass is 35.5. The van der Waals surface area contributed by atoms with Gasteiger partial charge >= 0.3 is 0 Å². The van der Waals surface area contributed by atoms with Gasteiger partial charge in [0.25, 0.3) is 6.43 Å². The zero-order chi connectivity index (χ0) is 18.5. The van der Waals surface area contributed by atoms with E-state index in [0.29, 0.717) is 32.1 Å². The lowest BCUT2D eigenvalue weighted by Gasteiger charge is -2.31. The normalized spacial score (nSPS) is 19.5. The Morgan fingerprint density at radius 2 is 1.92 bits per heavy atom. The lowest BCUT2D eigenvalue weighted by Crippen LogP contribution is -2.32. The van der Waals surface area contributed by atoms with Crippen molar-refractivity contribution in [3.8, 4) is 0 Å². The highest BCUT2D eigenvalue weighted by molar-refractivity contribution is 8.01. The molecule has 0 saturated carbocycles. The van der Waals surface area contributed by atoms with Gasteiger partial charge in [0.05, 0.1) is 10.7 Å². The summed E-state index contributed by atoms with van der Waals surface area (Å²) in [6, 6.07) is 11.5. The van der Waals surface area contributed by atoms with Gasteiger partial charge in [-0.15, -0.1) is 0 Å². The monoisotopic (exact) mass is 392 g/mol. The summed E-state index contributed by atoms with van der Waals surface area (Å²) in [6.07, 6.45) is -1.23. The number of alkyl halides is 2. The molecule has 2 nitrogen and oxygen atoms in total. The van der Waals surface area contributed by atoms with Crippen LogP contribution >= 0.6 is 23.4 Å². The molecule has 7 heteroatoms. The lowest BCUT2D eigenvalue weighted by molar-refractivity contribution is 0.109. The maximum absolute atomic E-state index is 13.9. The first-order valence-corrected chi connectivity index (χ1v) is 8.99. The fraction of sp³-hybridized carbons (Fsp3) is 0.158. The van der Waals surface area contributed by atoms with Crippen LogP contribution in [0.2, 0.25) is 5.02 Å². The molecule has 1 aliphatic rings. The van der Waals surface area contributed by atoms with Crippen LogP contribution in [0.1, 0.15) is 18.1 Å². The molecule has 0 aliphatic carbocycles. The van der Waals surface area contributed by atoms with E-state index in [9.17, 15) is 13.2 Å². The fourth-order valence-electron chi connectivity index (χ4n) is 2.88. The third kappa shape index (κ3) is 2.77. The number of aliphatic imine (C=N–C) groups is 1. The van der Waals surface area contributed by atoms with Gasteiger partial charge in [0.2, 0.25) is 0 Å². The Hall–Kier alpha value is -2.05. The highest BCUT2D eigenvalue weighted by Crippen LogP contribution is 2.47. The van der Waals surface area contributed by atoms with Crippen molar-refractivity contribution in [1.29, 1.82) is 0 Å². The maximum atomic E-state index is 13.9. The molecule has 0 N–H and O–H groups in total. The molecule has 1 aliphatic heterocycles. The Labute approximate surface area is 157 Å². The van der Waals surface area contributed by atoms with Gasteiger partial charge in [0, 0.05) is 27.6 Å². The van der Waals surface area contributed by atoms with E-state index >= 15 is 0 Å². The number of pyridine rings is 1. The first kappa shape index (κ1) is 17.4. The lowest BCUT2D eigenvalue weighted by atomic mass is 10.0. The topological polar surface area (TPSA) is 25.2 Å². The minimum Gasteiger partial charge on any atom is -0.260 e. The molecule has 1 aromatic heterocycles. The summed E-state index contributed by atoms with van der Waals surface area (Å²) < 4.78 is 41.2. The molecule has 0 amide bonds. The van der Waals surface area contributed by atoms with Crippen molar-refractivity contribution < 1.29 is 13.2 Å². The van der Waals surface area contributed by atoms with Crippen LogP contribution in [0.25, 0.3) is 10.9 Å². The Balaban J connectivity index is 1.96. The second-order valence-electron chi connectivity index (χ2n) is 6.07. The number of rotatable bonds is 2. The molecule has 2 aromatic carbocycles. The van der Waals surface area contributed by atoms with Gasteiger partial charge in [-0.05, 0) is 25.1 Å². The average molecular weight is 393 g/mol. The van der Waals surface area contributed by atoms with E-state index in [4.69, 9.17) is 11.6 Å². The Kier molecular flexibility index (Phi) is 4.20. The van der Waals surface area contributed by atoms with Gasteiger partial charge in [0.1, 0.15) is 11.3 Å². The summed E-state index contributed by atoms with van der Waals surface area (Å²) in [7, 11) is 0. The van der Waals surface area contributed by atoms with Crippen LogP contribution in [0.15, 0.2) is 58.5 Å². The van der Waals surface area contributed by atoms with Gasteiger partial charge in [0.15, 0.2) is 4.87 Å². The number of halogens is 4. The number of thioether (sulfide) groups is 1. The minimum atomic E-state index is -2.68. The van der Waals surface area contributed by atoms with E-state index in [1.807, 2.05) is 0 Å². The fourth-order valence-corrected chi connectivity index (χ4v) is 4.25. The van der Waals surface area contributed by atoms with Crippen LogP contribution in [-0.2, 0) is 0 Å². The van der Waals surface area contributed by atoms with E-state index in [-0.39, 0.29) is 5.52 Å². The number of aromatic nitrogens is 1. The van der Waals surface area contributed by atoms with E-state index in [1.54, 1.807) is 36.4 Å². The summed E-state index contributed by atoms with van der Waals surface area (Å²) in [5.74, 6) is -0.434. The largest absolute Gasteiger partial charge is 0.272 e. The summed E-state index contributed by atoms with van der Waals surface area (Å²) in [6.45, 7) is 1.38. The first-order chi connectivity index (χ1) is 12.4. The highest BCUT2D eigenvalue weighted by Gasteiger charge is 2.41. The zero-order valence-electron chi connectivity index (χ0n) is 13.5. The smallest absolute Gasteiger partial charge is 0.260 e. The third-order valence-electron chi connectivity index (χ3n) is 4.20. The van der Waals surface area contributed by atoms with E-state index < -0.39 is 17.1 Å². The quantitative estimate of drug-likeness (QED) is 0.538. The van der Waals surface area contributed by atoms with Crippen LogP contribution in [0, 0.1) is 5.82 Å². The molecule has 0 radical (unpaired) electrons. The van der Waals surface area contributed by atoms with Gasteiger partial charge in [-0.25, -0.2) is 13.2 Å². The van der Waals surface area contributed by atoms with Crippen molar-refractivity contribution in [3.05, 3.63) is 70.6 Å². The zero-order valence-corrected chi connectivity index (χ0v) is 15.1. The summed E-state index contributed by atoms with van der Waals surface area (Å²) in [5.41, 5.74) is 1.81. The summed E-state index contributed by atoms with van der Waals surface area (Å²) in [5, 5.41) is 0.970. The molecule has 0 spiro atoms. The van der Waals surface area contributed by atoms with Gasteiger partial charge in [-0.1, -0.05) is 47.6 Å². The van der Waals surface area contributed by atoms with Crippen molar-refractivity contribution >= 4 is 40.0 Å². The minimum absolute atomic E-state index is 0.227. The summed E-state index contributed by atoms with van der Waals surface area (Å²) >= 11 is 7.21. The number of nitrogens with zero attached hydrogens (tertiary/aromatic N) is 2. The van der Waals surface area contributed by atoms with E-state index in [2.05, 4.69) is 9.98 Å². The number of hydrogen-bond donors (Lipinski definition) is 0. The van der Waals surface area contributed by atoms with Gasteiger partial charge in [-0.2, -0.15) is 0 Å². The average Bonchev–Trinajstić information content (AvgIpc) is 2.62. The maximum Gasteiger partial charge on any atom is 0.272 e.